The molecule has 0 aliphatic carbocycles. The Bertz CT molecular complexity index is 2980. The Morgan fingerprint density at radius 2 is 1.19 bits per heavy atom. The van der Waals surface area contributed by atoms with Gasteiger partial charge in [-0.25, -0.2) is 24.7 Å². The average Bonchev–Trinajstić information content (AvgIpc) is 4.08. The molecule has 4 aromatic heterocycles. The van der Waals surface area contributed by atoms with E-state index in [2.05, 4.69) is 110 Å². The molecule has 4 aliphatic rings. The fourth-order valence-corrected chi connectivity index (χ4v) is 11.8. The maximum absolute atomic E-state index is 13.4. The molecule has 2 aromatic carbocycles. The van der Waals surface area contributed by atoms with Crippen LogP contribution in [0.3, 0.4) is 0 Å². The number of nitrogens with zero attached hydrogens (tertiary/aromatic N) is 9. The average molecular weight is 1100 g/mol. The smallest absolute Gasteiger partial charge is 0.394 e. The van der Waals surface area contributed by atoms with Gasteiger partial charge in [-0.3, -0.25) is 18.8 Å². The van der Waals surface area contributed by atoms with Crippen molar-refractivity contribution < 1.29 is 30.0 Å². The number of thiazole rings is 2. The Morgan fingerprint density at radius 1 is 0.714 bits per heavy atom. The SMILES string of the molecule is CCc1cc(NC(=O)C(=O)N2C[C@@H](C)CC[C@@H]2c2ccc3sc(N4CCN(C)CC4)nc3c2)cnc1N.CCc1cc(NC(=O)C(=O)O)cnc1N.C[C@H]1CC[C@H](c2ccc3sc(N4CCN(C)CC4)nc3c2)NC1.[2H]CF. The van der Waals surface area contributed by atoms with Crippen LogP contribution in [0.5, 0.6) is 0 Å². The second-order valence-electron chi connectivity index (χ2n) is 20.3. The summed E-state index contributed by atoms with van der Waals surface area (Å²) in [5.74, 6) is -1.87. The zero-order chi connectivity index (χ0) is 56.0. The molecule has 414 valence electrons. The van der Waals surface area contributed by atoms with Crippen molar-refractivity contribution in [2.45, 2.75) is 78.3 Å². The van der Waals surface area contributed by atoms with Crippen molar-refractivity contribution in [1.29, 1.82) is 0 Å². The predicted molar refractivity (Wildman–Crippen MR) is 309 cm³/mol. The minimum absolute atomic E-state index is 0.164. The number of rotatable bonds is 8. The third-order valence-electron chi connectivity index (χ3n) is 14.5. The van der Waals surface area contributed by atoms with Crippen LogP contribution in [0, 0.1) is 11.8 Å². The molecule has 0 unspecified atom stereocenters. The molecule has 77 heavy (non-hydrogen) atoms. The topological polar surface area (TPSA) is 244 Å². The number of piperazine rings is 2. The van der Waals surface area contributed by atoms with E-state index in [0.29, 0.717) is 54.4 Å². The van der Waals surface area contributed by atoms with E-state index in [-0.39, 0.29) is 6.04 Å². The number of fused-ring (bicyclic) bond motifs is 2. The van der Waals surface area contributed by atoms with Gasteiger partial charge < -0.3 is 57.0 Å². The van der Waals surface area contributed by atoms with Crippen LogP contribution >= 0.6 is 22.7 Å². The van der Waals surface area contributed by atoms with Crippen molar-refractivity contribution in [2.75, 3.05) is 119 Å². The molecule has 4 aliphatic heterocycles. The van der Waals surface area contributed by atoms with Crippen LogP contribution in [0.25, 0.3) is 20.4 Å². The van der Waals surface area contributed by atoms with E-state index in [4.69, 9.17) is 27.9 Å². The van der Waals surface area contributed by atoms with Crippen molar-refractivity contribution in [1.82, 2.24) is 40.0 Å². The number of likely N-dealkylation sites (tertiary alicyclic amines) is 1. The Balaban J connectivity index is 0.000000182. The fraction of sp³-hybridized carbons (Fsp3) is 0.491. The Labute approximate surface area is 460 Å². The molecule has 6 aromatic rings. The van der Waals surface area contributed by atoms with E-state index >= 15 is 0 Å². The van der Waals surface area contributed by atoms with Gasteiger partial charge in [0.25, 0.3) is 0 Å². The van der Waals surface area contributed by atoms with Crippen molar-refractivity contribution in [3.05, 3.63) is 83.2 Å². The number of benzene rings is 2. The lowest BCUT2D eigenvalue weighted by molar-refractivity contribution is -0.147. The third-order valence-corrected chi connectivity index (χ3v) is 16.7. The number of likely N-dealkylation sites (N-methyl/N-ethyl adjacent to an activating group) is 2. The minimum atomic E-state index is -1.54. The lowest BCUT2D eigenvalue weighted by Gasteiger charge is -2.38. The zero-order valence-corrected chi connectivity index (χ0v) is 46.7. The first-order valence-corrected chi connectivity index (χ1v) is 28.0. The first kappa shape index (κ1) is 56.6. The van der Waals surface area contributed by atoms with Gasteiger partial charge in [0.2, 0.25) is 0 Å². The summed E-state index contributed by atoms with van der Waals surface area (Å²) in [6, 6.07) is 16.9. The van der Waals surface area contributed by atoms with Gasteiger partial charge in [0, 0.05) is 64.9 Å². The second-order valence-corrected chi connectivity index (χ2v) is 22.3. The second kappa shape index (κ2) is 27.1. The number of halogens is 1. The number of aryl methyl sites for hydroxylation is 2. The molecule has 22 heteroatoms. The summed E-state index contributed by atoms with van der Waals surface area (Å²) < 4.78 is 18.0. The molecule has 4 saturated heterocycles. The van der Waals surface area contributed by atoms with Gasteiger partial charge in [0.1, 0.15) is 11.6 Å². The summed E-state index contributed by atoms with van der Waals surface area (Å²) in [6.45, 7) is 18.4. The number of nitrogens with one attached hydrogen (secondary N) is 3. The van der Waals surface area contributed by atoms with Gasteiger partial charge in [-0.2, -0.15) is 0 Å². The quantitative estimate of drug-likeness (QED) is 0.0810. The number of carboxylic acid groups (broad SMARTS) is 1. The predicted octanol–water partition coefficient (Wildman–Crippen LogP) is 7.47. The number of nitrogens with two attached hydrogens (primary N) is 2. The number of nitrogen functional groups attached to an aromatic ring is 2. The highest BCUT2D eigenvalue weighted by atomic mass is 32.1. The van der Waals surface area contributed by atoms with Crippen LogP contribution in [-0.4, -0.2) is 150 Å². The number of carbonyl (C=O) groups excluding carboxylic acids is 3. The maximum Gasteiger partial charge on any atom is 0.394 e. The molecular formula is C55H75FN14O5S2. The normalized spacial score (nSPS) is 20.1. The van der Waals surface area contributed by atoms with Gasteiger partial charge in [-0.15, -0.1) is 0 Å². The first-order chi connectivity index (χ1) is 37.5. The molecule has 10 rings (SSSR count). The van der Waals surface area contributed by atoms with Gasteiger partial charge in [-0.1, -0.05) is 62.5 Å². The lowest BCUT2D eigenvalue weighted by Crippen LogP contribution is -2.46. The number of carbonyl (C=O) groups is 4. The summed E-state index contributed by atoms with van der Waals surface area (Å²) in [5, 5.41) is 19.2. The van der Waals surface area contributed by atoms with Crippen molar-refractivity contribution in [2.24, 2.45) is 11.8 Å². The molecule has 19 nitrogen and oxygen atoms in total. The van der Waals surface area contributed by atoms with Gasteiger partial charge in [-0.05, 0) is 130 Å². The van der Waals surface area contributed by atoms with Crippen molar-refractivity contribution >= 4 is 100 Å². The molecule has 3 amide bonds. The molecule has 4 fully saturated rings. The minimum Gasteiger partial charge on any atom is -0.474 e. The van der Waals surface area contributed by atoms with E-state index in [1.165, 1.54) is 46.1 Å². The number of aromatic nitrogens is 4. The van der Waals surface area contributed by atoms with E-state index in [1.807, 2.05) is 25.2 Å². The van der Waals surface area contributed by atoms with Gasteiger partial charge in [0.05, 0.1) is 58.8 Å². The Hall–Kier alpha value is -6.59. The Morgan fingerprint density at radius 3 is 1.68 bits per heavy atom. The van der Waals surface area contributed by atoms with E-state index in [0.717, 1.165) is 110 Å². The van der Waals surface area contributed by atoms with Crippen LogP contribution in [0.2, 0.25) is 0 Å². The lowest BCUT2D eigenvalue weighted by atomic mass is 9.89. The van der Waals surface area contributed by atoms with Crippen molar-refractivity contribution in [3.63, 3.8) is 0 Å². The highest BCUT2D eigenvalue weighted by Gasteiger charge is 2.35. The molecule has 0 radical (unpaired) electrons. The van der Waals surface area contributed by atoms with E-state index in [9.17, 15) is 23.6 Å². The number of hydrogen-bond acceptors (Lipinski definition) is 17. The molecule has 0 bridgehead atoms. The summed E-state index contributed by atoms with van der Waals surface area (Å²) in [5.41, 5.74) is 18.4. The monoisotopic (exact) mass is 1100 g/mol. The Kier molecular flexibility index (Phi) is 19.9. The zero-order valence-electron chi connectivity index (χ0n) is 46.1. The highest BCUT2D eigenvalue weighted by Crippen LogP contribution is 2.38. The van der Waals surface area contributed by atoms with Gasteiger partial charge >= 0.3 is 23.7 Å². The molecule has 8 heterocycles. The van der Waals surface area contributed by atoms with Crippen molar-refractivity contribution in [3.8, 4) is 0 Å². The number of pyridine rings is 2. The molecule has 8 N–H and O–H groups in total. The van der Waals surface area contributed by atoms with Crippen LogP contribution in [-0.2, 0) is 32.0 Å². The number of aliphatic carboxylic acids is 1. The number of anilines is 6. The number of amides is 3. The summed E-state index contributed by atoms with van der Waals surface area (Å²) in [4.78, 5) is 76.6. The van der Waals surface area contributed by atoms with E-state index in [1.54, 1.807) is 28.4 Å². The number of piperidine rings is 2. The van der Waals surface area contributed by atoms with E-state index < -0.39 is 30.8 Å². The van der Waals surface area contributed by atoms with Crippen LogP contribution < -0.4 is 37.2 Å². The number of hydrogen-bond donors (Lipinski definition) is 6. The van der Waals surface area contributed by atoms with Crippen LogP contribution in [0.1, 0.15) is 89.1 Å². The summed E-state index contributed by atoms with van der Waals surface area (Å²) in [6.07, 6.45) is 8.53. The first-order valence-electron chi connectivity index (χ1n) is 27.1. The summed E-state index contributed by atoms with van der Waals surface area (Å²) in [7, 11) is 3.34. The number of alkyl halides is 1. The molecule has 4 atom stereocenters. The molecular weight excluding hydrogens is 1020 g/mol. The van der Waals surface area contributed by atoms with Gasteiger partial charge in [0.15, 0.2) is 10.3 Å². The largest absolute Gasteiger partial charge is 0.474 e. The fourth-order valence-electron chi connectivity index (χ4n) is 9.81. The number of carboxylic acids is 1. The third kappa shape index (κ3) is 15.1. The maximum atomic E-state index is 13.4. The van der Waals surface area contributed by atoms with Crippen LogP contribution in [0.4, 0.5) is 37.7 Å². The standard InChI is InChI=1S/C27H35N7O2S.C18H26N4S.C9H11N3O3.CH3F/c1-4-18-13-20(15-29-24(18)28)30-25(35)26(36)34-16-17(2)5-7-22(34)19-6-8-23-21(14-19)31-27(37-23)33-11-9-32(3)10-12-33;1-13-3-5-15(19-12-13)14-4-6-17-16(11-14)20-18(23-17)22-9-7-21(2)8-10-22;1-2-5-3-6(4-11-7(5)10)12-8(13)9(14)15;1-2/h6,8,13-15,17,22H,4-5,7,9-12,16H2,1-3H3,(H2,28,29)(H,30,35);4,6,11,13,15,19H,3,5,7-10,12H2,1-2H3;3-4H,2H2,1H3,(H2,10,11)(H,12,13)(H,14,15);1H3/t17-,22+;13-,15+;;/m00../s1/i;;;1D. The molecule has 0 saturated carbocycles. The highest BCUT2D eigenvalue weighted by molar-refractivity contribution is 7.22. The summed E-state index contributed by atoms with van der Waals surface area (Å²) >= 11 is 3.55. The molecule has 0 spiro atoms. The van der Waals surface area contributed by atoms with Crippen LogP contribution in [0.15, 0.2) is 60.9 Å².